The molecule has 1 aromatic heterocycles. The number of fused-ring (bicyclic) bond motifs is 1. The standard InChI is InChI=1S/C23H21FN4O2S/c1-2-28-21(14-30-18-12-10-17(24)11-13-18)26-27-23(28)31-15-22(29)25-20-9-5-7-16-6-3-4-8-19(16)20/h3-13H,2,14-15H2,1H3,(H,25,29). The molecule has 3 aromatic carbocycles. The Balaban J connectivity index is 1.37. The van der Waals surface area contributed by atoms with Gasteiger partial charge in [0.05, 0.1) is 5.75 Å². The quantitative estimate of drug-likeness (QED) is 0.398. The molecule has 8 heteroatoms. The molecule has 6 nitrogen and oxygen atoms in total. The highest BCUT2D eigenvalue weighted by atomic mass is 32.2. The number of hydrogen-bond acceptors (Lipinski definition) is 5. The summed E-state index contributed by atoms with van der Waals surface area (Å²) in [4.78, 5) is 12.5. The van der Waals surface area contributed by atoms with Gasteiger partial charge in [0.25, 0.3) is 0 Å². The van der Waals surface area contributed by atoms with E-state index in [9.17, 15) is 9.18 Å². The van der Waals surface area contributed by atoms with Gasteiger partial charge in [-0.1, -0.05) is 48.2 Å². The lowest BCUT2D eigenvalue weighted by molar-refractivity contribution is -0.113. The predicted octanol–water partition coefficient (Wildman–Crippen LogP) is 4.90. The second-order valence-corrected chi connectivity index (χ2v) is 7.69. The molecule has 0 bridgehead atoms. The summed E-state index contributed by atoms with van der Waals surface area (Å²) in [6.45, 7) is 2.82. The molecule has 0 fully saturated rings. The van der Waals surface area contributed by atoms with Crippen molar-refractivity contribution in [3.8, 4) is 5.75 Å². The molecule has 0 atom stereocenters. The van der Waals surface area contributed by atoms with Gasteiger partial charge in [-0.05, 0) is 42.6 Å². The number of carbonyl (C=O) groups excluding carboxylic acids is 1. The Morgan fingerprint density at radius 2 is 1.84 bits per heavy atom. The molecule has 1 heterocycles. The van der Waals surface area contributed by atoms with Gasteiger partial charge >= 0.3 is 0 Å². The van der Waals surface area contributed by atoms with Crippen molar-refractivity contribution in [1.82, 2.24) is 14.8 Å². The van der Waals surface area contributed by atoms with Crippen LogP contribution in [0.4, 0.5) is 10.1 Å². The van der Waals surface area contributed by atoms with Crippen LogP contribution < -0.4 is 10.1 Å². The number of nitrogens with zero attached hydrogens (tertiary/aromatic N) is 3. The third kappa shape index (κ3) is 5.03. The Bertz CT molecular complexity index is 1190. The van der Waals surface area contributed by atoms with Crippen LogP contribution in [-0.4, -0.2) is 26.4 Å². The lowest BCUT2D eigenvalue weighted by Gasteiger charge is -2.10. The number of ether oxygens (including phenoxy) is 1. The number of rotatable bonds is 8. The van der Waals surface area contributed by atoms with Gasteiger partial charge in [0.2, 0.25) is 5.91 Å². The Morgan fingerprint density at radius 3 is 2.65 bits per heavy atom. The van der Waals surface area contributed by atoms with Crippen LogP contribution >= 0.6 is 11.8 Å². The number of carbonyl (C=O) groups is 1. The van der Waals surface area contributed by atoms with Gasteiger partial charge in [0, 0.05) is 17.6 Å². The summed E-state index contributed by atoms with van der Waals surface area (Å²) in [7, 11) is 0. The molecule has 0 spiro atoms. The fourth-order valence-electron chi connectivity index (χ4n) is 3.18. The zero-order valence-electron chi connectivity index (χ0n) is 16.9. The molecule has 0 aliphatic carbocycles. The number of hydrogen-bond donors (Lipinski definition) is 1. The van der Waals surface area contributed by atoms with Crippen LogP contribution in [-0.2, 0) is 17.9 Å². The maximum absolute atomic E-state index is 13.0. The molecule has 158 valence electrons. The first kappa shape index (κ1) is 20.9. The van der Waals surface area contributed by atoms with Crippen molar-refractivity contribution in [2.45, 2.75) is 25.2 Å². The minimum Gasteiger partial charge on any atom is -0.486 e. The summed E-state index contributed by atoms with van der Waals surface area (Å²) in [5.74, 6) is 0.973. The minimum atomic E-state index is -0.315. The molecule has 0 saturated heterocycles. The van der Waals surface area contributed by atoms with Crippen LogP contribution in [0, 0.1) is 5.82 Å². The number of aromatic nitrogens is 3. The number of amides is 1. The third-order valence-electron chi connectivity index (χ3n) is 4.69. The summed E-state index contributed by atoms with van der Waals surface area (Å²) in [5, 5.41) is 14.1. The second kappa shape index (κ2) is 9.61. The number of anilines is 1. The lowest BCUT2D eigenvalue weighted by atomic mass is 10.1. The maximum Gasteiger partial charge on any atom is 0.234 e. The molecular formula is C23H21FN4O2S. The van der Waals surface area contributed by atoms with Crippen molar-refractivity contribution in [2.75, 3.05) is 11.1 Å². The summed E-state index contributed by atoms with van der Waals surface area (Å²) in [6, 6.07) is 19.6. The van der Waals surface area contributed by atoms with Crippen LogP contribution in [0.3, 0.4) is 0 Å². The topological polar surface area (TPSA) is 69.0 Å². The molecule has 31 heavy (non-hydrogen) atoms. The average molecular weight is 437 g/mol. The van der Waals surface area contributed by atoms with Crippen molar-refractivity contribution >= 4 is 34.1 Å². The van der Waals surface area contributed by atoms with Crippen LogP contribution in [0.1, 0.15) is 12.7 Å². The fraction of sp³-hybridized carbons (Fsp3) is 0.174. The van der Waals surface area contributed by atoms with Crippen molar-refractivity contribution < 1.29 is 13.9 Å². The van der Waals surface area contributed by atoms with Crippen LogP contribution in [0.15, 0.2) is 71.9 Å². The molecule has 0 saturated carbocycles. The van der Waals surface area contributed by atoms with E-state index in [0.29, 0.717) is 23.3 Å². The highest BCUT2D eigenvalue weighted by Gasteiger charge is 2.14. The smallest absolute Gasteiger partial charge is 0.234 e. The Labute approximate surface area is 183 Å². The Kier molecular flexibility index (Phi) is 6.47. The van der Waals surface area contributed by atoms with Gasteiger partial charge < -0.3 is 14.6 Å². The normalized spacial score (nSPS) is 10.9. The molecule has 0 unspecified atom stereocenters. The van der Waals surface area contributed by atoms with Crippen molar-refractivity contribution in [1.29, 1.82) is 0 Å². The largest absolute Gasteiger partial charge is 0.486 e. The van der Waals surface area contributed by atoms with Gasteiger partial charge in [0.1, 0.15) is 18.2 Å². The zero-order valence-corrected chi connectivity index (χ0v) is 17.7. The zero-order chi connectivity index (χ0) is 21.6. The van der Waals surface area contributed by atoms with Gasteiger partial charge in [-0.15, -0.1) is 10.2 Å². The third-order valence-corrected chi connectivity index (χ3v) is 5.65. The molecule has 1 N–H and O–H groups in total. The van der Waals surface area contributed by atoms with E-state index in [-0.39, 0.29) is 24.1 Å². The van der Waals surface area contributed by atoms with Crippen LogP contribution in [0.5, 0.6) is 5.75 Å². The summed E-state index contributed by atoms with van der Waals surface area (Å²) < 4.78 is 20.6. The van der Waals surface area contributed by atoms with Crippen molar-refractivity contribution in [3.05, 3.63) is 78.4 Å². The Hall–Kier alpha value is -3.39. The highest BCUT2D eigenvalue weighted by molar-refractivity contribution is 7.99. The monoisotopic (exact) mass is 436 g/mol. The molecule has 4 aromatic rings. The molecule has 0 aliphatic rings. The first-order valence-electron chi connectivity index (χ1n) is 9.85. The van der Waals surface area contributed by atoms with E-state index in [1.807, 2.05) is 54.0 Å². The van der Waals surface area contributed by atoms with E-state index in [2.05, 4.69) is 15.5 Å². The van der Waals surface area contributed by atoms with Gasteiger partial charge in [-0.25, -0.2) is 4.39 Å². The highest BCUT2D eigenvalue weighted by Crippen LogP contribution is 2.24. The van der Waals surface area contributed by atoms with Crippen molar-refractivity contribution in [3.63, 3.8) is 0 Å². The van der Waals surface area contributed by atoms with E-state index >= 15 is 0 Å². The summed E-state index contributed by atoms with van der Waals surface area (Å²) in [6.07, 6.45) is 0. The predicted molar refractivity (Wildman–Crippen MR) is 120 cm³/mol. The first-order valence-corrected chi connectivity index (χ1v) is 10.8. The van der Waals surface area contributed by atoms with Crippen LogP contribution in [0.25, 0.3) is 10.8 Å². The number of benzene rings is 3. The summed E-state index contributed by atoms with van der Waals surface area (Å²) >= 11 is 1.32. The molecule has 4 rings (SSSR count). The van der Waals surface area contributed by atoms with E-state index in [1.54, 1.807) is 12.1 Å². The van der Waals surface area contributed by atoms with E-state index < -0.39 is 0 Å². The number of halogens is 1. The average Bonchev–Trinajstić information content (AvgIpc) is 3.19. The SMILES string of the molecule is CCn1c(COc2ccc(F)cc2)nnc1SCC(=O)Nc1cccc2ccccc12. The van der Waals surface area contributed by atoms with E-state index in [0.717, 1.165) is 16.5 Å². The number of thioether (sulfide) groups is 1. The molecule has 0 aliphatic heterocycles. The van der Waals surface area contributed by atoms with Gasteiger partial charge in [0.15, 0.2) is 11.0 Å². The summed E-state index contributed by atoms with van der Waals surface area (Å²) in [5.41, 5.74) is 0.786. The second-order valence-electron chi connectivity index (χ2n) is 6.75. The van der Waals surface area contributed by atoms with E-state index in [4.69, 9.17) is 4.74 Å². The Morgan fingerprint density at radius 1 is 1.06 bits per heavy atom. The lowest BCUT2D eigenvalue weighted by Crippen LogP contribution is -2.15. The molecular weight excluding hydrogens is 415 g/mol. The molecule has 1 amide bonds. The van der Waals surface area contributed by atoms with Crippen LogP contribution in [0.2, 0.25) is 0 Å². The van der Waals surface area contributed by atoms with Crippen molar-refractivity contribution in [2.24, 2.45) is 0 Å². The molecule has 0 radical (unpaired) electrons. The van der Waals surface area contributed by atoms with Gasteiger partial charge in [-0.2, -0.15) is 0 Å². The van der Waals surface area contributed by atoms with Gasteiger partial charge in [-0.3, -0.25) is 4.79 Å². The van der Waals surface area contributed by atoms with E-state index in [1.165, 1.54) is 23.9 Å². The number of nitrogens with one attached hydrogen (secondary N) is 1. The fourth-order valence-corrected chi connectivity index (χ4v) is 4.00. The first-order chi connectivity index (χ1) is 15.1. The minimum absolute atomic E-state index is 0.115. The maximum atomic E-state index is 13.0.